The van der Waals surface area contributed by atoms with Crippen molar-refractivity contribution in [2.24, 2.45) is 5.28 Å². The molecule has 1 aliphatic rings. The molecule has 5 atom stereocenters. The van der Waals surface area contributed by atoms with Crippen LogP contribution in [0.15, 0.2) is 5.28 Å². The molecule has 0 saturated carbocycles. The summed E-state index contributed by atoms with van der Waals surface area (Å²) in [7, 11) is 0. The Morgan fingerprint density at radius 1 is 1.21 bits per heavy atom. The molecule has 0 aromatic rings. The number of ether oxygens (including phenoxy) is 1. The van der Waals surface area contributed by atoms with Gasteiger partial charge in [0.1, 0.15) is 18.3 Å². The summed E-state index contributed by atoms with van der Waals surface area (Å²) in [6.45, 7) is 5.95. The predicted molar refractivity (Wildman–Crippen MR) is 62.4 cm³/mol. The predicted octanol–water partition coefficient (Wildman–Crippen LogP) is -1.04. The summed E-state index contributed by atoms with van der Waals surface area (Å²) in [5, 5.41) is 44.7. The first-order valence-electron chi connectivity index (χ1n) is 6.20. The monoisotopic (exact) mass is 279 g/mol. The lowest BCUT2D eigenvalue weighted by atomic mass is 10.0. The fourth-order valence-corrected chi connectivity index (χ4v) is 1.70. The van der Waals surface area contributed by atoms with E-state index in [2.05, 4.69) is 5.28 Å². The molecule has 0 spiro atoms. The zero-order chi connectivity index (χ0) is 14.6. The van der Waals surface area contributed by atoms with E-state index in [1.54, 1.807) is 13.8 Å². The van der Waals surface area contributed by atoms with Crippen molar-refractivity contribution in [2.75, 3.05) is 13.1 Å². The van der Waals surface area contributed by atoms with Crippen LogP contribution in [0.2, 0.25) is 0 Å². The lowest BCUT2D eigenvalue weighted by Gasteiger charge is -2.36. The van der Waals surface area contributed by atoms with E-state index in [0.717, 1.165) is 0 Å². The molecule has 0 bridgehead atoms. The fraction of sp³-hybridized carbons (Fsp3) is 1.00. The van der Waals surface area contributed by atoms with Crippen LogP contribution in [0, 0.1) is 5.21 Å². The van der Waals surface area contributed by atoms with Crippen LogP contribution in [0.1, 0.15) is 20.8 Å². The third-order valence-corrected chi connectivity index (χ3v) is 3.00. The Kier molecular flexibility index (Phi) is 5.73. The van der Waals surface area contributed by atoms with E-state index >= 15 is 0 Å². The zero-order valence-corrected chi connectivity index (χ0v) is 11.2. The van der Waals surface area contributed by atoms with Crippen LogP contribution in [0.4, 0.5) is 0 Å². The van der Waals surface area contributed by atoms with Gasteiger partial charge in [0.15, 0.2) is 0 Å². The average Bonchev–Trinajstić information content (AvgIpc) is 2.40. The Morgan fingerprint density at radius 3 is 2.32 bits per heavy atom. The van der Waals surface area contributed by atoms with Gasteiger partial charge < -0.3 is 30.1 Å². The Morgan fingerprint density at radius 2 is 1.79 bits per heavy atom. The van der Waals surface area contributed by atoms with Gasteiger partial charge in [-0.1, -0.05) is 0 Å². The van der Waals surface area contributed by atoms with E-state index in [0.29, 0.717) is 13.1 Å². The van der Waals surface area contributed by atoms with Crippen molar-refractivity contribution in [2.45, 2.75) is 51.5 Å². The maximum absolute atomic E-state index is 11.5. The smallest absolute Gasteiger partial charge is 0.261 e. The summed E-state index contributed by atoms with van der Waals surface area (Å²) in [6.07, 6.45) is -6.17. The largest absolute Gasteiger partial charge is 0.569 e. The molecule has 9 nitrogen and oxygen atoms in total. The lowest BCUT2D eigenvalue weighted by molar-refractivity contribution is -0.713. The van der Waals surface area contributed by atoms with Gasteiger partial charge in [-0.25, -0.2) is 0 Å². The van der Waals surface area contributed by atoms with Crippen molar-refractivity contribution >= 4 is 0 Å². The Bertz CT molecular complexity index is 312. The van der Waals surface area contributed by atoms with Crippen molar-refractivity contribution in [3.63, 3.8) is 0 Å². The van der Waals surface area contributed by atoms with Crippen molar-refractivity contribution in [1.29, 1.82) is 0 Å². The van der Waals surface area contributed by atoms with Gasteiger partial charge in [0, 0.05) is 0 Å². The van der Waals surface area contributed by atoms with E-state index in [4.69, 9.17) is 9.57 Å². The summed E-state index contributed by atoms with van der Waals surface area (Å²) in [4.78, 5) is 5.03. The molecule has 3 N–H and O–H groups in total. The molecule has 0 aromatic carbocycles. The number of hydrogen-bond donors (Lipinski definition) is 3. The first-order chi connectivity index (χ1) is 8.92. The van der Waals surface area contributed by atoms with Crippen molar-refractivity contribution in [3.8, 4) is 0 Å². The third kappa shape index (κ3) is 3.66. The first-order valence-corrected chi connectivity index (χ1v) is 6.20. The minimum absolute atomic E-state index is 0.248. The molecule has 0 aliphatic carbocycles. The standard InChI is InChI=1S/C10H21N3O6/c1-4-12(5-2)13(17)11-19-10-9(16)8(15)7(14)6(3)18-10/h6-10,14-16H,4-5H2,1-3H3/b13-11-/t6-,7+,8+,9-,10-/m0/s1. The SMILES string of the molecule is CCN(CC)/[N+]([O-])=N/O[C@@H]1O[C@@H](C)[C@@H](O)[C@@H](O)[C@@H]1O. The molecule has 19 heavy (non-hydrogen) atoms. The van der Waals surface area contributed by atoms with Gasteiger partial charge in [-0.05, 0) is 20.8 Å². The highest BCUT2D eigenvalue weighted by Gasteiger charge is 2.43. The van der Waals surface area contributed by atoms with Crippen molar-refractivity contribution in [1.82, 2.24) is 5.01 Å². The molecular formula is C10H21N3O6. The van der Waals surface area contributed by atoms with Gasteiger partial charge in [0.25, 0.3) is 6.29 Å². The highest BCUT2D eigenvalue weighted by molar-refractivity contribution is 4.86. The minimum atomic E-state index is -1.49. The quantitative estimate of drug-likeness (QED) is 0.334. The van der Waals surface area contributed by atoms with Gasteiger partial charge >= 0.3 is 0 Å². The van der Waals surface area contributed by atoms with Crippen LogP contribution in [-0.4, -0.2) is 69.1 Å². The topological polar surface area (TPSA) is 121 Å². The van der Waals surface area contributed by atoms with Crippen LogP contribution >= 0.6 is 0 Å². The maximum atomic E-state index is 11.5. The number of nitrogens with zero attached hydrogens (tertiary/aromatic N) is 3. The Balaban J connectivity index is 2.64. The number of aliphatic hydroxyl groups excluding tert-OH is 3. The van der Waals surface area contributed by atoms with Gasteiger partial charge in [0.2, 0.25) is 5.28 Å². The highest BCUT2D eigenvalue weighted by Crippen LogP contribution is 2.21. The lowest BCUT2D eigenvalue weighted by Crippen LogP contribution is -2.57. The first kappa shape index (κ1) is 15.9. The van der Waals surface area contributed by atoms with E-state index in [1.165, 1.54) is 11.9 Å². The number of rotatable bonds is 5. The molecular weight excluding hydrogens is 258 g/mol. The molecule has 1 saturated heterocycles. The summed E-state index contributed by atoms with van der Waals surface area (Å²) >= 11 is 0. The molecule has 1 heterocycles. The second-order valence-electron chi connectivity index (χ2n) is 4.26. The maximum Gasteiger partial charge on any atom is 0.261 e. The van der Waals surface area contributed by atoms with E-state index in [-0.39, 0.29) is 4.97 Å². The van der Waals surface area contributed by atoms with Gasteiger partial charge in [-0.3, -0.25) is 0 Å². The molecule has 1 rings (SSSR count). The summed E-state index contributed by atoms with van der Waals surface area (Å²) in [5.74, 6) is 0. The summed E-state index contributed by atoms with van der Waals surface area (Å²) < 4.78 is 5.12. The Hall–Kier alpha value is -1.16. The van der Waals surface area contributed by atoms with Gasteiger partial charge in [-0.15, -0.1) is 5.01 Å². The van der Waals surface area contributed by atoms with E-state index < -0.39 is 30.7 Å². The zero-order valence-electron chi connectivity index (χ0n) is 11.2. The second-order valence-corrected chi connectivity index (χ2v) is 4.26. The van der Waals surface area contributed by atoms with Crippen LogP contribution in [0.3, 0.4) is 0 Å². The fourth-order valence-electron chi connectivity index (χ4n) is 1.70. The third-order valence-electron chi connectivity index (χ3n) is 3.00. The molecule has 1 fully saturated rings. The molecule has 1 aliphatic heterocycles. The van der Waals surface area contributed by atoms with Crippen LogP contribution in [0.25, 0.3) is 0 Å². The highest BCUT2D eigenvalue weighted by atomic mass is 16.8. The number of hydrogen-bond acceptors (Lipinski definition) is 7. The van der Waals surface area contributed by atoms with Crippen molar-refractivity contribution in [3.05, 3.63) is 5.21 Å². The average molecular weight is 279 g/mol. The molecule has 0 aromatic heterocycles. The Labute approximate surface area is 111 Å². The minimum Gasteiger partial charge on any atom is -0.569 e. The second kappa shape index (κ2) is 6.85. The summed E-state index contributed by atoms with van der Waals surface area (Å²) in [5.41, 5.74) is 0. The number of aliphatic hydroxyl groups is 3. The van der Waals surface area contributed by atoms with E-state index in [1.807, 2.05) is 0 Å². The van der Waals surface area contributed by atoms with Gasteiger partial charge in [-0.2, -0.15) is 0 Å². The molecule has 0 amide bonds. The van der Waals surface area contributed by atoms with Crippen LogP contribution in [0.5, 0.6) is 0 Å². The summed E-state index contributed by atoms with van der Waals surface area (Å²) in [6, 6.07) is 0. The van der Waals surface area contributed by atoms with Crippen LogP contribution < -0.4 is 0 Å². The molecule has 9 heteroatoms. The normalized spacial score (nSPS) is 36.1. The molecule has 0 unspecified atom stereocenters. The van der Waals surface area contributed by atoms with E-state index in [9.17, 15) is 20.5 Å². The molecule has 112 valence electrons. The van der Waals surface area contributed by atoms with Crippen molar-refractivity contribution < 1.29 is 29.9 Å². The van der Waals surface area contributed by atoms with Gasteiger partial charge in [0.05, 0.1) is 24.2 Å². The number of hydrazine groups is 1. The molecule has 0 radical (unpaired) electrons. The van der Waals surface area contributed by atoms with Crippen LogP contribution in [-0.2, 0) is 9.57 Å².